The summed E-state index contributed by atoms with van der Waals surface area (Å²) in [6.45, 7) is 1.43. The van der Waals surface area contributed by atoms with Crippen molar-refractivity contribution in [1.82, 2.24) is 4.98 Å². The zero-order valence-electron chi connectivity index (χ0n) is 10.3. The molecule has 0 bridgehead atoms. The Balaban J connectivity index is 2.04. The number of pyridine rings is 1. The zero-order chi connectivity index (χ0) is 13.7. The molecule has 19 heavy (non-hydrogen) atoms. The molecule has 0 aliphatic rings. The predicted octanol–water partition coefficient (Wildman–Crippen LogP) is 2.26. The maximum absolute atomic E-state index is 11.8. The average Bonchev–Trinajstić information content (AvgIpc) is 2.41. The molecule has 1 amide bonds. The first-order chi connectivity index (χ1) is 9.15. The highest BCUT2D eigenvalue weighted by Crippen LogP contribution is 2.16. The summed E-state index contributed by atoms with van der Waals surface area (Å²) < 4.78 is 5.18. The SMILES string of the molecule is CC(=O)Nc1ccc(OC(=O)c2ccncc2)cc1. The number of nitrogens with zero attached hydrogens (tertiary/aromatic N) is 1. The number of nitrogens with one attached hydrogen (secondary N) is 1. The van der Waals surface area contributed by atoms with Gasteiger partial charge >= 0.3 is 5.97 Å². The van der Waals surface area contributed by atoms with Gasteiger partial charge in [0.25, 0.3) is 0 Å². The second-order valence-corrected chi connectivity index (χ2v) is 3.83. The van der Waals surface area contributed by atoms with Crippen molar-refractivity contribution >= 4 is 17.6 Å². The number of hydrogen-bond acceptors (Lipinski definition) is 4. The number of ether oxygens (including phenoxy) is 1. The molecule has 1 heterocycles. The third-order valence-corrected chi connectivity index (χ3v) is 2.30. The maximum Gasteiger partial charge on any atom is 0.343 e. The first kappa shape index (κ1) is 12.8. The van der Waals surface area contributed by atoms with E-state index in [1.165, 1.54) is 19.3 Å². The van der Waals surface area contributed by atoms with Crippen LogP contribution < -0.4 is 10.1 Å². The number of carbonyl (C=O) groups excluding carboxylic acids is 2. The Morgan fingerprint density at radius 2 is 1.68 bits per heavy atom. The number of hydrogen-bond donors (Lipinski definition) is 1. The second-order valence-electron chi connectivity index (χ2n) is 3.83. The van der Waals surface area contributed by atoms with Gasteiger partial charge < -0.3 is 10.1 Å². The summed E-state index contributed by atoms with van der Waals surface area (Å²) in [5.41, 5.74) is 1.08. The summed E-state index contributed by atoms with van der Waals surface area (Å²) in [4.78, 5) is 26.4. The van der Waals surface area contributed by atoms with Crippen LogP contribution in [0.1, 0.15) is 17.3 Å². The Morgan fingerprint density at radius 1 is 1.05 bits per heavy atom. The van der Waals surface area contributed by atoms with Gasteiger partial charge in [-0.1, -0.05) is 0 Å². The number of carbonyl (C=O) groups is 2. The van der Waals surface area contributed by atoms with E-state index in [1.807, 2.05) is 0 Å². The van der Waals surface area contributed by atoms with Crippen LogP contribution in [0.3, 0.4) is 0 Å². The highest BCUT2D eigenvalue weighted by Gasteiger charge is 2.07. The van der Waals surface area contributed by atoms with Gasteiger partial charge in [0.2, 0.25) is 5.91 Å². The number of benzene rings is 1. The molecule has 0 saturated carbocycles. The van der Waals surface area contributed by atoms with E-state index in [-0.39, 0.29) is 5.91 Å². The fourth-order valence-electron chi connectivity index (χ4n) is 1.46. The normalized spacial score (nSPS) is 9.74. The van der Waals surface area contributed by atoms with E-state index >= 15 is 0 Å². The number of esters is 1. The molecule has 0 radical (unpaired) electrons. The molecule has 1 N–H and O–H groups in total. The molecule has 0 unspecified atom stereocenters. The van der Waals surface area contributed by atoms with Gasteiger partial charge in [-0.25, -0.2) is 4.79 Å². The molecule has 0 spiro atoms. The van der Waals surface area contributed by atoms with Crippen LogP contribution in [0.25, 0.3) is 0 Å². The van der Waals surface area contributed by atoms with Gasteiger partial charge in [-0.3, -0.25) is 9.78 Å². The molecule has 5 heteroatoms. The largest absolute Gasteiger partial charge is 0.423 e. The van der Waals surface area contributed by atoms with Gasteiger partial charge in [0.05, 0.1) is 5.56 Å². The lowest BCUT2D eigenvalue weighted by Gasteiger charge is -2.05. The predicted molar refractivity (Wildman–Crippen MR) is 69.9 cm³/mol. The summed E-state index contributed by atoms with van der Waals surface area (Å²) in [6.07, 6.45) is 3.05. The van der Waals surface area contributed by atoms with Crippen LogP contribution in [-0.2, 0) is 4.79 Å². The third kappa shape index (κ3) is 3.64. The lowest BCUT2D eigenvalue weighted by atomic mass is 10.2. The van der Waals surface area contributed by atoms with E-state index < -0.39 is 5.97 Å². The lowest BCUT2D eigenvalue weighted by Crippen LogP contribution is -2.09. The minimum absolute atomic E-state index is 0.151. The van der Waals surface area contributed by atoms with Crippen molar-refractivity contribution in [2.75, 3.05) is 5.32 Å². The highest BCUT2D eigenvalue weighted by atomic mass is 16.5. The fraction of sp³-hybridized carbons (Fsp3) is 0.0714. The summed E-state index contributed by atoms with van der Waals surface area (Å²) in [6, 6.07) is 9.71. The molecular formula is C14H12N2O3. The Labute approximate surface area is 110 Å². The summed E-state index contributed by atoms with van der Waals surface area (Å²) >= 11 is 0. The van der Waals surface area contributed by atoms with Crippen molar-refractivity contribution in [1.29, 1.82) is 0 Å². The van der Waals surface area contributed by atoms with E-state index in [2.05, 4.69) is 10.3 Å². The molecule has 1 aromatic carbocycles. The van der Waals surface area contributed by atoms with Crippen molar-refractivity contribution in [3.05, 3.63) is 54.4 Å². The van der Waals surface area contributed by atoms with Gasteiger partial charge in [-0.05, 0) is 36.4 Å². The van der Waals surface area contributed by atoms with Crippen molar-refractivity contribution in [3.8, 4) is 5.75 Å². The van der Waals surface area contributed by atoms with Gasteiger partial charge in [-0.15, -0.1) is 0 Å². The minimum Gasteiger partial charge on any atom is -0.423 e. The van der Waals surface area contributed by atoms with E-state index in [0.29, 0.717) is 17.0 Å². The van der Waals surface area contributed by atoms with E-state index in [1.54, 1.807) is 36.4 Å². The molecule has 1 aromatic heterocycles. The van der Waals surface area contributed by atoms with E-state index in [0.717, 1.165) is 0 Å². The first-order valence-corrected chi connectivity index (χ1v) is 5.65. The number of amides is 1. The molecule has 5 nitrogen and oxygen atoms in total. The van der Waals surface area contributed by atoms with Gasteiger partial charge in [0.15, 0.2) is 0 Å². The van der Waals surface area contributed by atoms with Crippen molar-refractivity contribution in [2.24, 2.45) is 0 Å². The van der Waals surface area contributed by atoms with Crippen LogP contribution in [0.2, 0.25) is 0 Å². The van der Waals surface area contributed by atoms with Crippen LogP contribution >= 0.6 is 0 Å². The Bertz CT molecular complexity index is 579. The number of anilines is 1. The van der Waals surface area contributed by atoms with Crippen LogP contribution in [0, 0.1) is 0 Å². The van der Waals surface area contributed by atoms with Crippen LogP contribution in [0.5, 0.6) is 5.75 Å². The molecule has 96 valence electrons. The standard InChI is InChI=1S/C14H12N2O3/c1-10(17)16-12-2-4-13(5-3-12)19-14(18)11-6-8-15-9-7-11/h2-9H,1H3,(H,16,17). The average molecular weight is 256 g/mol. The van der Waals surface area contributed by atoms with Gasteiger partial charge in [0, 0.05) is 25.0 Å². The summed E-state index contributed by atoms with van der Waals surface area (Å²) in [5, 5.41) is 2.63. The Hall–Kier alpha value is -2.69. The molecule has 2 aromatic rings. The van der Waals surface area contributed by atoms with E-state index in [9.17, 15) is 9.59 Å². The molecule has 0 fully saturated rings. The quantitative estimate of drug-likeness (QED) is 0.675. The highest BCUT2D eigenvalue weighted by molar-refractivity contribution is 5.91. The van der Waals surface area contributed by atoms with Crippen molar-refractivity contribution in [3.63, 3.8) is 0 Å². The van der Waals surface area contributed by atoms with Crippen LogP contribution in [0.15, 0.2) is 48.8 Å². The summed E-state index contributed by atoms with van der Waals surface area (Å²) in [5.74, 6) is -0.188. The minimum atomic E-state index is -0.449. The fourth-order valence-corrected chi connectivity index (χ4v) is 1.46. The summed E-state index contributed by atoms with van der Waals surface area (Å²) in [7, 11) is 0. The Morgan fingerprint density at radius 3 is 2.26 bits per heavy atom. The zero-order valence-corrected chi connectivity index (χ0v) is 10.3. The lowest BCUT2D eigenvalue weighted by molar-refractivity contribution is -0.114. The Kier molecular flexibility index (Phi) is 3.87. The smallest absolute Gasteiger partial charge is 0.343 e. The van der Waals surface area contributed by atoms with Gasteiger partial charge in [0.1, 0.15) is 5.75 Å². The maximum atomic E-state index is 11.8. The monoisotopic (exact) mass is 256 g/mol. The molecular weight excluding hydrogens is 244 g/mol. The van der Waals surface area contributed by atoms with Gasteiger partial charge in [-0.2, -0.15) is 0 Å². The topological polar surface area (TPSA) is 68.3 Å². The molecule has 0 atom stereocenters. The molecule has 0 aliphatic heterocycles. The van der Waals surface area contributed by atoms with Crippen molar-refractivity contribution in [2.45, 2.75) is 6.92 Å². The third-order valence-electron chi connectivity index (χ3n) is 2.30. The second kappa shape index (κ2) is 5.77. The van der Waals surface area contributed by atoms with E-state index in [4.69, 9.17) is 4.74 Å². The molecule has 0 aliphatic carbocycles. The van der Waals surface area contributed by atoms with Crippen LogP contribution in [0.4, 0.5) is 5.69 Å². The van der Waals surface area contributed by atoms with Crippen LogP contribution in [-0.4, -0.2) is 16.9 Å². The molecule has 0 saturated heterocycles. The number of aromatic nitrogens is 1. The number of rotatable bonds is 3. The first-order valence-electron chi connectivity index (χ1n) is 5.65. The van der Waals surface area contributed by atoms with Crippen molar-refractivity contribution < 1.29 is 14.3 Å². The molecule has 2 rings (SSSR count).